The van der Waals surface area contributed by atoms with E-state index in [1.54, 1.807) is 27.7 Å². The first-order valence-electron chi connectivity index (χ1n) is 12.6. The number of fused-ring (bicyclic) bond motifs is 1. The molecule has 1 aliphatic heterocycles. The molecule has 0 spiro atoms. The quantitative estimate of drug-likeness (QED) is 0.189. The van der Waals surface area contributed by atoms with Crippen molar-refractivity contribution in [3.8, 4) is 0 Å². The molecule has 1 aliphatic rings. The van der Waals surface area contributed by atoms with E-state index in [-0.39, 0.29) is 48.2 Å². The van der Waals surface area contributed by atoms with Crippen LogP contribution >= 0.6 is 0 Å². The van der Waals surface area contributed by atoms with Crippen LogP contribution in [0.3, 0.4) is 0 Å². The number of alkyl carbamates (subject to hydrolysis) is 1. The minimum atomic E-state index is -4.07. The van der Waals surface area contributed by atoms with Crippen LogP contribution in [0.25, 0.3) is 10.8 Å². The van der Waals surface area contributed by atoms with E-state index in [4.69, 9.17) is 9.47 Å². The second-order valence-corrected chi connectivity index (χ2v) is 12.3. The predicted octanol–water partition coefficient (Wildman–Crippen LogP) is 2.30. The summed E-state index contributed by atoms with van der Waals surface area (Å²) in [4.78, 5) is 52.9. The van der Waals surface area contributed by atoms with Gasteiger partial charge in [-0.3, -0.25) is 4.79 Å². The Morgan fingerprint density at radius 1 is 1.27 bits per heavy atom. The molecule has 2 atom stereocenters. The summed E-state index contributed by atoms with van der Waals surface area (Å²) in [7, 11) is -2.91. The Labute approximate surface area is 231 Å². The van der Waals surface area contributed by atoms with Crippen LogP contribution in [-0.4, -0.2) is 72.9 Å². The molecule has 1 aromatic heterocycles. The van der Waals surface area contributed by atoms with Crippen LogP contribution in [0.1, 0.15) is 51.6 Å². The number of pyridine rings is 1. The van der Waals surface area contributed by atoms with Crippen molar-refractivity contribution < 1.29 is 37.4 Å². The third-order valence-electron chi connectivity index (χ3n) is 6.34. The molecule has 3 rings (SSSR count). The third-order valence-corrected chi connectivity index (χ3v) is 8.24. The number of amides is 1. The van der Waals surface area contributed by atoms with Gasteiger partial charge in [0, 0.05) is 36.1 Å². The number of benzene rings is 1. The van der Waals surface area contributed by atoms with Crippen LogP contribution in [0, 0.1) is 17.0 Å². The number of rotatable bonds is 10. The molecule has 220 valence electrons. The number of methoxy groups -OCH3 is 1. The largest absolute Gasteiger partial charge is 0.467 e. The fraction of sp³-hybridized carbons (Fsp3) is 0.560. The van der Waals surface area contributed by atoms with Crippen molar-refractivity contribution in [3.05, 3.63) is 50.4 Å². The summed E-state index contributed by atoms with van der Waals surface area (Å²) in [5, 5.41) is 12.5. The Kier molecular flexibility index (Phi) is 9.40. The molecule has 1 aromatic carbocycles. The van der Waals surface area contributed by atoms with Gasteiger partial charge in [-0.1, -0.05) is 6.07 Å². The SMILES string of the molecule is COC(=O)[C@H](CCCO[N+](=O)[O-])n1cc(C)c2c(S(=O)(=O)N3CCC(NC(=O)OC(C)(C)C)C3)cccc2c1=O. The van der Waals surface area contributed by atoms with E-state index in [1.165, 1.54) is 28.7 Å². The summed E-state index contributed by atoms with van der Waals surface area (Å²) in [6, 6.07) is 2.79. The molecule has 40 heavy (non-hydrogen) atoms. The Morgan fingerprint density at radius 2 is 1.98 bits per heavy atom. The van der Waals surface area contributed by atoms with Crippen molar-refractivity contribution in [1.29, 1.82) is 0 Å². The minimum absolute atomic E-state index is 0.0170. The number of esters is 1. The minimum Gasteiger partial charge on any atom is -0.467 e. The molecule has 2 heterocycles. The van der Waals surface area contributed by atoms with Gasteiger partial charge in [-0.05, 0) is 64.7 Å². The highest BCUT2D eigenvalue weighted by Gasteiger charge is 2.35. The standard InChI is InChI=1S/C25H34N4O10S/c1-16-14-28(19(23(31)37-5)9-7-13-38-29(33)34)22(30)18-8-6-10-20(21(16)18)40(35,36)27-12-11-17(15-27)26-24(32)39-25(2,3)4/h6,8,10,14,17,19H,7,9,11-13,15H2,1-5H3,(H,26,32)/t17?,19-/m0/s1. The van der Waals surface area contributed by atoms with Crippen LogP contribution in [0.2, 0.25) is 0 Å². The van der Waals surface area contributed by atoms with E-state index in [2.05, 4.69) is 10.2 Å². The Balaban J connectivity index is 1.93. The van der Waals surface area contributed by atoms with Gasteiger partial charge in [0.15, 0.2) is 0 Å². The van der Waals surface area contributed by atoms with E-state index in [0.717, 1.165) is 11.7 Å². The number of nitrogens with one attached hydrogen (secondary N) is 1. The molecule has 0 radical (unpaired) electrons. The summed E-state index contributed by atoms with van der Waals surface area (Å²) in [6.45, 7) is 6.73. The molecule has 1 unspecified atom stereocenters. The molecule has 14 nitrogen and oxygen atoms in total. The summed E-state index contributed by atoms with van der Waals surface area (Å²) in [5.41, 5.74) is -0.890. The van der Waals surface area contributed by atoms with E-state index >= 15 is 0 Å². The lowest BCUT2D eigenvalue weighted by Crippen LogP contribution is -2.41. The molecule has 0 aliphatic carbocycles. The molecule has 2 aromatic rings. The summed E-state index contributed by atoms with van der Waals surface area (Å²) >= 11 is 0. The highest BCUT2D eigenvalue weighted by molar-refractivity contribution is 7.89. The zero-order valence-electron chi connectivity index (χ0n) is 23.0. The van der Waals surface area contributed by atoms with Gasteiger partial charge in [-0.25, -0.2) is 18.0 Å². The maximum Gasteiger partial charge on any atom is 0.407 e. The normalized spacial score (nSPS) is 16.9. The van der Waals surface area contributed by atoms with E-state index in [0.29, 0.717) is 12.0 Å². The molecule has 0 saturated carbocycles. The zero-order chi connectivity index (χ0) is 29.8. The summed E-state index contributed by atoms with van der Waals surface area (Å²) in [5.74, 6) is -0.730. The number of carbonyl (C=O) groups excluding carboxylic acids is 2. The van der Waals surface area contributed by atoms with Gasteiger partial charge in [-0.2, -0.15) is 4.31 Å². The molecular formula is C25H34N4O10S. The number of ether oxygens (including phenoxy) is 2. The number of nitrogens with zero attached hydrogens (tertiary/aromatic N) is 3. The number of hydrogen-bond donors (Lipinski definition) is 1. The number of carbonyl (C=O) groups is 2. The van der Waals surface area contributed by atoms with Crippen molar-refractivity contribution >= 4 is 32.9 Å². The fourth-order valence-corrected chi connectivity index (χ4v) is 6.41. The lowest BCUT2D eigenvalue weighted by Gasteiger charge is -2.23. The van der Waals surface area contributed by atoms with Crippen molar-refractivity contribution in [2.45, 2.75) is 69.5 Å². The monoisotopic (exact) mass is 582 g/mol. The van der Waals surface area contributed by atoms with Gasteiger partial charge >= 0.3 is 12.1 Å². The topological polar surface area (TPSA) is 176 Å². The van der Waals surface area contributed by atoms with E-state index in [1.807, 2.05) is 0 Å². The van der Waals surface area contributed by atoms with Crippen LogP contribution < -0.4 is 10.9 Å². The molecule has 1 fully saturated rings. The first-order chi connectivity index (χ1) is 18.7. The van der Waals surface area contributed by atoms with Crippen molar-refractivity contribution in [2.24, 2.45) is 0 Å². The van der Waals surface area contributed by atoms with Gasteiger partial charge in [0.25, 0.3) is 10.6 Å². The second kappa shape index (κ2) is 12.2. The average Bonchev–Trinajstić information content (AvgIpc) is 3.33. The molecule has 15 heteroatoms. The average molecular weight is 583 g/mol. The van der Waals surface area contributed by atoms with E-state index in [9.17, 15) is 32.9 Å². The number of hydrogen-bond acceptors (Lipinski definition) is 10. The smallest absolute Gasteiger partial charge is 0.407 e. The van der Waals surface area contributed by atoms with Crippen molar-refractivity contribution in [1.82, 2.24) is 14.2 Å². The van der Waals surface area contributed by atoms with Crippen molar-refractivity contribution in [2.75, 3.05) is 26.8 Å². The fourth-order valence-electron chi connectivity index (χ4n) is 4.63. The highest BCUT2D eigenvalue weighted by Crippen LogP contribution is 2.30. The van der Waals surface area contributed by atoms with Crippen LogP contribution in [-0.2, 0) is 29.1 Å². The van der Waals surface area contributed by atoms with Crippen LogP contribution in [0.15, 0.2) is 34.1 Å². The zero-order valence-corrected chi connectivity index (χ0v) is 23.9. The summed E-state index contributed by atoms with van der Waals surface area (Å²) in [6.07, 6.45) is 1.24. The Morgan fingerprint density at radius 3 is 2.60 bits per heavy atom. The van der Waals surface area contributed by atoms with Gasteiger partial charge in [0.2, 0.25) is 10.0 Å². The van der Waals surface area contributed by atoms with Crippen LogP contribution in [0.5, 0.6) is 0 Å². The lowest BCUT2D eigenvalue weighted by atomic mass is 10.1. The van der Waals surface area contributed by atoms with Gasteiger partial charge in [0.05, 0.1) is 18.6 Å². The van der Waals surface area contributed by atoms with E-state index < -0.39 is 50.4 Å². The maximum atomic E-state index is 13.7. The third kappa shape index (κ3) is 7.07. The number of aromatic nitrogens is 1. The van der Waals surface area contributed by atoms with Gasteiger partial charge in [0.1, 0.15) is 11.6 Å². The van der Waals surface area contributed by atoms with Crippen LogP contribution in [0.4, 0.5) is 4.79 Å². The van der Waals surface area contributed by atoms with Gasteiger partial charge in [-0.15, -0.1) is 10.1 Å². The first kappa shape index (κ1) is 30.8. The number of aryl methyl sites for hydroxylation is 1. The predicted molar refractivity (Wildman–Crippen MR) is 143 cm³/mol. The van der Waals surface area contributed by atoms with Crippen molar-refractivity contribution in [3.63, 3.8) is 0 Å². The number of sulfonamides is 1. The molecular weight excluding hydrogens is 548 g/mol. The molecule has 0 bridgehead atoms. The second-order valence-electron chi connectivity index (χ2n) is 10.4. The Hall–Kier alpha value is -3.72. The maximum absolute atomic E-state index is 13.7. The highest BCUT2D eigenvalue weighted by atomic mass is 32.2. The first-order valence-corrected chi connectivity index (χ1v) is 14.1. The Bertz CT molecular complexity index is 1450. The molecule has 1 saturated heterocycles. The van der Waals surface area contributed by atoms with Gasteiger partial charge < -0.3 is 24.2 Å². The lowest BCUT2D eigenvalue weighted by molar-refractivity contribution is -0.757. The summed E-state index contributed by atoms with van der Waals surface area (Å²) < 4.78 is 39.9. The molecule has 1 amide bonds. The molecule has 1 N–H and O–H groups in total.